The van der Waals surface area contributed by atoms with Crippen molar-refractivity contribution in [3.8, 4) is 0 Å². The van der Waals surface area contributed by atoms with Gasteiger partial charge in [-0.3, -0.25) is 4.79 Å². The van der Waals surface area contributed by atoms with Crippen LogP contribution in [0.25, 0.3) is 5.65 Å². The number of carbonyl (C=O) groups is 1. The van der Waals surface area contributed by atoms with E-state index >= 15 is 0 Å². The fourth-order valence-electron chi connectivity index (χ4n) is 1.46. The highest BCUT2D eigenvalue weighted by molar-refractivity contribution is 5.75. The second-order valence-electron chi connectivity index (χ2n) is 3.42. The number of hydrogen-bond donors (Lipinski definition) is 2. The maximum atomic E-state index is 10.7. The first-order chi connectivity index (χ1) is 7.08. The minimum Gasteiger partial charge on any atom is -0.480 e. The van der Waals surface area contributed by atoms with E-state index in [1.54, 1.807) is 18.3 Å². The zero-order chi connectivity index (χ0) is 11.0. The summed E-state index contributed by atoms with van der Waals surface area (Å²) in [6.07, 6.45) is 3.62. The zero-order valence-corrected chi connectivity index (χ0v) is 8.21. The summed E-state index contributed by atoms with van der Waals surface area (Å²) in [5, 5.41) is 8.76. The summed E-state index contributed by atoms with van der Waals surface area (Å²) in [4.78, 5) is 14.9. The normalized spacial score (nSPS) is 12.9. The van der Waals surface area contributed by atoms with Crippen LogP contribution in [0.5, 0.6) is 0 Å². The number of nitrogens with zero attached hydrogens (tertiary/aromatic N) is 2. The van der Waals surface area contributed by atoms with Gasteiger partial charge in [0, 0.05) is 12.4 Å². The molecule has 0 bridgehead atoms. The van der Waals surface area contributed by atoms with Crippen molar-refractivity contribution in [1.29, 1.82) is 0 Å². The molecule has 78 valence electrons. The van der Waals surface area contributed by atoms with Crippen molar-refractivity contribution in [2.24, 2.45) is 5.73 Å². The molecule has 3 N–H and O–H groups in total. The molecule has 0 spiro atoms. The number of imidazole rings is 1. The molecule has 0 amide bonds. The van der Waals surface area contributed by atoms with E-state index in [0.717, 1.165) is 5.69 Å². The Morgan fingerprint density at radius 1 is 1.67 bits per heavy atom. The molecule has 0 fully saturated rings. The average molecular weight is 205 g/mol. The van der Waals surface area contributed by atoms with Gasteiger partial charge in [-0.1, -0.05) is 0 Å². The van der Waals surface area contributed by atoms with Crippen LogP contribution in [0.15, 0.2) is 24.5 Å². The summed E-state index contributed by atoms with van der Waals surface area (Å²) in [5.41, 5.74) is 7.65. The van der Waals surface area contributed by atoms with Crippen molar-refractivity contribution in [2.75, 3.05) is 0 Å². The summed E-state index contributed by atoms with van der Waals surface area (Å²) in [6, 6.07) is 2.38. The van der Waals surface area contributed by atoms with Gasteiger partial charge in [0.15, 0.2) is 0 Å². The van der Waals surface area contributed by atoms with E-state index in [-0.39, 0.29) is 0 Å². The number of aryl methyl sites for hydroxylation is 1. The number of aliphatic carboxylic acids is 1. The Labute approximate surface area is 86.2 Å². The summed E-state index contributed by atoms with van der Waals surface area (Å²) < 4.78 is 1.83. The van der Waals surface area contributed by atoms with E-state index in [1.165, 1.54) is 0 Å². The van der Waals surface area contributed by atoms with Crippen LogP contribution in [0, 0.1) is 6.92 Å². The maximum absolute atomic E-state index is 10.7. The minimum absolute atomic E-state index is 0.556. The monoisotopic (exact) mass is 205 g/mol. The summed E-state index contributed by atoms with van der Waals surface area (Å²) in [5.74, 6) is -1.04. The SMILES string of the molecule is Cc1cn2ccc(C(N)C(=O)O)cc2n1. The van der Waals surface area contributed by atoms with Crippen LogP contribution in [-0.4, -0.2) is 20.5 Å². The topological polar surface area (TPSA) is 80.6 Å². The number of hydrogen-bond acceptors (Lipinski definition) is 3. The molecule has 15 heavy (non-hydrogen) atoms. The number of carboxylic acid groups (broad SMARTS) is 1. The van der Waals surface area contributed by atoms with Gasteiger partial charge < -0.3 is 15.2 Å². The first-order valence-electron chi connectivity index (χ1n) is 4.51. The van der Waals surface area contributed by atoms with E-state index in [0.29, 0.717) is 11.2 Å². The third-order valence-corrected chi connectivity index (χ3v) is 2.23. The lowest BCUT2D eigenvalue weighted by Crippen LogP contribution is -2.20. The summed E-state index contributed by atoms with van der Waals surface area (Å²) in [6.45, 7) is 1.88. The van der Waals surface area contributed by atoms with Crippen molar-refractivity contribution in [3.63, 3.8) is 0 Å². The molecule has 1 unspecified atom stereocenters. The molecule has 0 saturated carbocycles. The van der Waals surface area contributed by atoms with Gasteiger partial charge in [-0.05, 0) is 24.6 Å². The van der Waals surface area contributed by atoms with Crippen LogP contribution in [0.2, 0.25) is 0 Å². The minimum atomic E-state index is -1.04. The Morgan fingerprint density at radius 2 is 2.40 bits per heavy atom. The maximum Gasteiger partial charge on any atom is 0.325 e. The Balaban J connectivity index is 2.50. The molecule has 2 heterocycles. The van der Waals surface area contributed by atoms with Gasteiger partial charge in [-0.2, -0.15) is 0 Å². The standard InChI is InChI=1S/C10H11N3O2/c1-6-5-13-3-2-7(4-8(13)12-6)9(11)10(14)15/h2-5,9H,11H2,1H3,(H,14,15). The van der Waals surface area contributed by atoms with Crippen molar-refractivity contribution in [2.45, 2.75) is 13.0 Å². The smallest absolute Gasteiger partial charge is 0.325 e. The Kier molecular flexibility index (Phi) is 2.17. The van der Waals surface area contributed by atoms with E-state index in [1.807, 2.05) is 17.5 Å². The van der Waals surface area contributed by atoms with Crippen LogP contribution in [0.4, 0.5) is 0 Å². The fraction of sp³-hybridized carbons (Fsp3) is 0.200. The van der Waals surface area contributed by atoms with E-state index < -0.39 is 12.0 Å². The van der Waals surface area contributed by atoms with Gasteiger partial charge in [0.25, 0.3) is 0 Å². The first-order valence-corrected chi connectivity index (χ1v) is 4.51. The number of pyridine rings is 1. The molecular formula is C10H11N3O2. The lowest BCUT2D eigenvalue weighted by molar-refractivity contribution is -0.138. The van der Waals surface area contributed by atoms with Gasteiger partial charge in [0.05, 0.1) is 5.69 Å². The molecular weight excluding hydrogens is 194 g/mol. The number of carboxylic acids is 1. The third-order valence-electron chi connectivity index (χ3n) is 2.23. The van der Waals surface area contributed by atoms with E-state index in [2.05, 4.69) is 4.98 Å². The number of nitrogens with two attached hydrogens (primary N) is 1. The lowest BCUT2D eigenvalue weighted by Gasteiger charge is -2.06. The van der Waals surface area contributed by atoms with Crippen molar-refractivity contribution < 1.29 is 9.90 Å². The van der Waals surface area contributed by atoms with Gasteiger partial charge in [0.2, 0.25) is 0 Å². The Bertz CT molecular complexity index is 518. The van der Waals surface area contributed by atoms with Crippen molar-refractivity contribution in [3.05, 3.63) is 35.8 Å². The van der Waals surface area contributed by atoms with Crippen LogP contribution >= 0.6 is 0 Å². The van der Waals surface area contributed by atoms with Gasteiger partial charge in [-0.15, -0.1) is 0 Å². The fourth-order valence-corrected chi connectivity index (χ4v) is 1.46. The Morgan fingerprint density at radius 3 is 3.07 bits per heavy atom. The first kappa shape index (κ1) is 9.67. The average Bonchev–Trinajstić information content (AvgIpc) is 2.55. The summed E-state index contributed by atoms with van der Waals surface area (Å²) in [7, 11) is 0. The van der Waals surface area contributed by atoms with Crippen LogP contribution in [0.1, 0.15) is 17.3 Å². The Hall–Kier alpha value is -1.88. The molecule has 5 heteroatoms. The number of fused-ring (bicyclic) bond motifs is 1. The van der Waals surface area contributed by atoms with Crippen molar-refractivity contribution >= 4 is 11.6 Å². The highest BCUT2D eigenvalue weighted by Gasteiger charge is 2.14. The third kappa shape index (κ3) is 1.69. The second-order valence-corrected chi connectivity index (χ2v) is 3.42. The predicted octanol–water partition coefficient (Wildman–Crippen LogP) is 0.727. The van der Waals surface area contributed by atoms with Gasteiger partial charge in [-0.25, -0.2) is 4.98 Å². The molecule has 0 saturated heterocycles. The summed E-state index contributed by atoms with van der Waals surface area (Å²) >= 11 is 0. The molecule has 0 aliphatic rings. The zero-order valence-electron chi connectivity index (χ0n) is 8.21. The molecule has 5 nitrogen and oxygen atoms in total. The second kappa shape index (κ2) is 3.36. The largest absolute Gasteiger partial charge is 0.480 e. The molecule has 0 aliphatic carbocycles. The van der Waals surface area contributed by atoms with E-state index in [4.69, 9.17) is 10.8 Å². The quantitative estimate of drug-likeness (QED) is 0.757. The van der Waals surface area contributed by atoms with Gasteiger partial charge in [0.1, 0.15) is 11.7 Å². The van der Waals surface area contributed by atoms with E-state index in [9.17, 15) is 4.79 Å². The van der Waals surface area contributed by atoms with Crippen LogP contribution in [0.3, 0.4) is 0 Å². The highest BCUT2D eigenvalue weighted by Crippen LogP contribution is 2.13. The number of rotatable bonds is 2. The van der Waals surface area contributed by atoms with Crippen molar-refractivity contribution in [1.82, 2.24) is 9.38 Å². The molecule has 2 rings (SSSR count). The van der Waals surface area contributed by atoms with Gasteiger partial charge >= 0.3 is 5.97 Å². The van der Waals surface area contributed by atoms with Crippen LogP contribution in [-0.2, 0) is 4.79 Å². The molecule has 0 aromatic carbocycles. The predicted molar refractivity (Wildman–Crippen MR) is 54.5 cm³/mol. The van der Waals surface area contributed by atoms with Crippen LogP contribution < -0.4 is 5.73 Å². The number of aromatic nitrogens is 2. The molecule has 1 atom stereocenters. The lowest BCUT2D eigenvalue weighted by atomic mass is 10.1. The highest BCUT2D eigenvalue weighted by atomic mass is 16.4. The molecule has 0 aliphatic heterocycles. The molecule has 2 aromatic rings. The molecule has 0 radical (unpaired) electrons. The molecule has 2 aromatic heterocycles.